The molecule has 0 bridgehead atoms. The Balaban J connectivity index is 1.75. The third-order valence-corrected chi connectivity index (χ3v) is 4.44. The van der Waals surface area contributed by atoms with Gasteiger partial charge in [0.15, 0.2) is 0 Å². The van der Waals surface area contributed by atoms with E-state index in [0.29, 0.717) is 21.6 Å². The van der Waals surface area contributed by atoms with Crippen molar-refractivity contribution in [2.45, 2.75) is 6.10 Å². The van der Waals surface area contributed by atoms with Gasteiger partial charge in [-0.25, -0.2) is 13.7 Å². The molecule has 0 spiro atoms. The summed E-state index contributed by atoms with van der Waals surface area (Å²) in [6, 6.07) is 9.28. The van der Waals surface area contributed by atoms with E-state index in [1.165, 1.54) is 0 Å². The van der Waals surface area contributed by atoms with Crippen LogP contribution in [0.4, 0.5) is 14.5 Å². The summed E-state index contributed by atoms with van der Waals surface area (Å²) in [6.45, 7) is 0. The number of hydrogen-bond donors (Lipinski definition) is 0. The number of hydrogen-bond acceptors (Lipinski definition) is 4. The van der Waals surface area contributed by atoms with Gasteiger partial charge in [-0.1, -0.05) is 35.0 Å². The highest BCUT2D eigenvalue weighted by Gasteiger charge is 2.56. The topological polar surface area (TPSA) is 59.0 Å². The number of carbonyl (C=O) groups is 2. The molecular formula is C17H9ClF2N2O3. The van der Waals surface area contributed by atoms with Gasteiger partial charge in [-0.3, -0.25) is 9.59 Å². The van der Waals surface area contributed by atoms with Gasteiger partial charge in [-0.05, 0) is 18.2 Å². The van der Waals surface area contributed by atoms with Crippen molar-refractivity contribution in [3.63, 3.8) is 0 Å². The lowest BCUT2D eigenvalue weighted by molar-refractivity contribution is -0.126. The Bertz CT molecular complexity index is 947. The largest absolute Gasteiger partial charge is 0.381 e. The second kappa shape index (κ2) is 5.63. The lowest BCUT2D eigenvalue weighted by Crippen LogP contribution is -2.34. The molecule has 2 aliphatic rings. The van der Waals surface area contributed by atoms with Crippen LogP contribution in [-0.2, 0) is 14.4 Å². The van der Waals surface area contributed by atoms with Gasteiger partial charge >= 0.3 is 0 Å². The van der Waals surface area contributed by atoms with Crippen LogP contribution >= 0.6 is 11.6 Å². The fraction of sp³-hybridized carbons (Fsp3) is 0.118. The average Bonchev–Trinajstić information content (AvgIpc) is 3.10. The van der Waals surface area contributed by atoms with Gasteiger partial charge in [0.25, 0.3) is 5.91 Å². The fourth-order valence-electron chi connectivity index (χ4n) is 2.97. The molecule has 2 aromatic carbocycles. The predicted molar refractivity (Wildman–Crippen MR) is 85.2 cm³/mol. The number of rotatable bonds is 2. The highest BCUT2D eigenvalue weighted by molar-refractivity contribution is 6.38. The summed E-state index contributed by atoms with van der Waals surface area (Å²) in [7, 11) is 0. The van der Waals surface area contributed by atoms with E-state index in [1.807, 2.05) is 0 Å². The first-order valence-corrected chi connectivity index (χ1v) is 7.68. The molecule has 0 radical (unpaired) electrons. The minimum absolute atomic E-state index is 0.207. The summed E-state index contributed by atoms with van der Waals surface area (Å²) >= 11 is 6.13. The number of nitrogens with zero attached hydrogens (tertiary/aromatic N) is 2. The number of amides is 2. The zero-order chi connectivity index (χ0) is 17.7. The molecule has 2 amide bonds. The van der Waals surface area contributed by atoms with Crippen molar-refractivity contribution in [3.8, 4) is 0 Å². The van der Waals surface area contributed by atoms with E-state index in [2.05, 4.69) is 5.16 Å². The Kier molecular flexibility index (Phi) is 3.54. The molecule has 4 rings (SSSR count). The van der Waals surface area contributed by atoms with E-state index in [0.717, 1.165) is 12.1 Å². The Morgan fingerprint density at radius 1 is 1.08 bits per heavy atom. The van der Waals surface area contributed by atoms with E-state index in [9.17, 15) is 18.4 Å². The van der Waals surface area contributed by atoms with E-state index >= 15 is 0 Å². The monoisotopic (exact) mass is 362 g/mol. The number of benzene rings is 2. The standard InChI is InChI=1S/C17H9ClF2N2O3/c18-10-4-2-1-3-9(10)14-13-15(25-21-14)17(24)22(16(13)23)12-6-5-8(19)7-11(12)20/h1-7,13,15H/t13-,15+/m0/s1. The molecule has 5 nitrogen and oxygen atoms in total. The summed E-state index contributed by atoms with van der Waals surface area (Å²) in [6.07, 6.45) is -1.19. The fourth-order valence-corrected chi connectivity index (χ4v) is 3.20. The molecule has 1 fully saturated rings. The third kappa shape index (κ3) is 2.31. The van der Waals surface area contributed by atoms with Crippen molar-refractivity contribution < 1.29 is 23.2 Å². The van der Waals surface area contributed by atoms with Crippen LogP contribution in [0.15, 0.2) is 47.6 Å². The minimum Gasteiger partial charge on any atom is -0.381 e. The first-order chi connectivity index (χ1) is 12.0. The van der Waals surface area contributed by atoms with E-state index < -0.39 is 35.5 Å². The summed E-state index contributed by atoms with van der Waals surface area (Å²) < 4.78 is 27.1. The Morgan fingerprint density at radius 3 is 2.56 bits per heavy atom. The summed E-state index contributed by atoms with van der Waals surface area (Å²) in [4.78, 5) is 31.1. The van der Waals surface area contributed by atoms with Crippen molar-refractivity contribution in [1.29, 1.82) is 0 Å². The quantitative estimate of drug-likeness (QED) is 0.772. The molecule has 0 unspecified atom stereocenters. The molecule has 0 aromatic heterocycles. The molecule has 2 aliphatic heterocycles. The second-order valence-electron chi connectivity index (χ2n) is 5.57. The molecule has 126 valence electrons. The first kappa shape index (κ1) is 15.7. The van der Waals surface area contributed by atoms with Crippen molar-refractivity contribution in [2.75, 3.05) is 4.90 Å². The molecule has 8 heteroatoms. The number of carbonyl (C=O) groups excluding carboxylic acids is 2. The molecule has 0 saturated carbocycles. The molecular weight excluding hydrogens is 354 g/mol. The van der Waals surface area contributed by atoms with Crippen molar-refractivity contribution in [3.05, 3.63) is 64.7 Å². The number of oxime groups is 1. The van der Waals surface area contributed by atoms with Gasteiger partial charge in [0, 0.05) is 16.7 Å². The van der Waals surface area contributed by atoms with Gasteiger partial charge in [0.1, 0.15) is 23.3 Å². The normalized spacial score (nSPS) is 22.0. The average molecular weight is 363 g/mol. The molecule has 0 N–H and O–H groups in total. The van der Waals surface area contributed by atoms with Crippen LogP contribution in [0.2, 0.25) is 5.02 Å². The van der Waals surface area contributed by atoms with E-state index in [-0.39, 0.29) is 11.4 Å². The van der Waals surface area contributed by atoms with Gasteiger partial charge < -0.3 is 4.84 Å². The van der Waals surface area contributed by atoms with Crippen LogP contribution in [-0.4, -0.2) is 23.6 Å². The van der Waals surface area contributed by atoms with E-state index in [1.54, 1.807) is 24.3 Å². The second-order valence-corrected chi connectivity index (χ2v) is 5.97. The molecule has 2 heterocycles. The van der Waals surface area contributed by atoms with Crippen LogP contribution in [0.3, 0.4) is 0 Å². The highest BCUT2D eigenvalue weighted by Crippen LogP contribution is 2.37. The van der Waals surface area contributed by atoms with Gasteiger partial charge in [-0.15, -0.1) is 0 Å². The zero-order valence-corrected chi connectivity index (χ0v) is 13.2. The number of anilines is 1. The third-order valence-electron chi connectivity index (χ3n) is 4.11. The zero-order valence-electron chi connectivity index (χ0n) is 12.4. The van der Waals surface area contributed by atoms with Crippen LogP contribution in [0.25, 0.3) is 0 Å². The Hall–Kier alpha value is -2.80. The summed E-state index contributed by atoms with van der Waals surface area (Å²) in [5.41, 5.74) is 0.339. The number of imide groups is 1. The molecule has 2 atom stereocenters. The van der Waals surface area contributed by atoms with Gasteiger partial charge in [0.05, 0.1) is 5.69 Å². The first-order valence-electron chi connectivity index (χ1n) is 7.30. The predicted octanol–water partition coefficient (Wildman–Crippen LogP) is 2.91. The summed E-state index contributed by atoms with van der Waals surface area (Å²) in [5.74, 6) is -4.31. The number of fused-ring (bicyclic) bond motifs is 1. The molecule has 1 saturated heterocycles. The van der Waals surface area contributed by atoms with Crippen LogP contribution in [0.1, 0.15) is 5.56 Å². The lowest BCUT2D eigenvalue weighted by atomic mass is 9.94. The molecule has 2 aromatic rings. The molecule has 25 heavy (non-hydrogen) atoms. The van der Waals surface area contributed by atoms with E-state index in [4.69, 9.17) is 16.4 Å². The summed E-state index contributed by atoms with van der Waals surface area (Å²) in [5, 5.41) is 4.17. The highest BCUT2D eigenvalue weighted by atomic mass is 35.5. The number of halogens is 3. The van der Waals surface area contributed by atoms with Crippen LogP contribution < -0.4 is 4.90 Å². The van der Waals surface area contributed by atoms with Gasteiger partial charge in [0.2, 0.25) is 12.0 Å². The Morgan fingerprint density at radius 2 is 1.84 bits per heavy atom. The maximum Gasteiger partial charge on any atom is 0.279 e. The maximum atomic E-state index is 14.0. The van der Waals surface area contributed by atoms with Crippen molar-refractivity contribution in [2.24, 2.45) is 11.1 Å². The SMILES string of the molecule is O=C1[C@H]2C(c3ccccc3Cl)=NO[C@H]2C(=O)N1c1ccc(F)cc1F. The molecule has 0 aliphatic carbocycles. The maximum absolute atomic E-state index is 14.0. The smallest absolute Gasteiger partial charge is 0.279 e. The van der Waals surface area contributed by atoms with Gasteiger partial charge in [-0.2, -0.15) is 0 Å². The van der Waals surface area contributed by atoms with Crippen molar-refractivity contribution >= 4 is 34.8 Å². The Labute approximate surface area is 145 Å². The van der Waals surface area contributed by atoms with Crippen LogP contribution in [0.5, 0.6) is 0 Å². The van der Waals surface area contributed by atoms with Crippen LogP contribution in [0, 0.1) is 17.6 Å². The minimum atomic E-state index is -1.19. The lowest BCUT2D eigenvalue weighted by Gasteiger charge is -2.16. The van der Waals surface area contributed by atoms with Crippen molar-refractivity contribution in [1.82, 2.24) is 0 Å².